The number of hydrogen-bond donors (Lipinski definition) is 1. The van der Waals surface area contributed by atoms with E-state index >= 15 is 0 Å². The van der Waals surface area contributed by atoms with Gasteiger partial charge in [-0.05, 0) is 49.9 Å². The quantitative estimate of drug-likeness (QED) is 0.900. The van der Waals surface area contributed by atoms with Gasteiger partial charge < -0.3 is 10.1 Å². The van der Waals surface area contributed by atoms with Gasteiger partial charge in [0.15, 0.2) is 0 Å². The normalized spacial score (nSPS) is 29.3. The van der Waals surface area contributed by atoms with Crippen LogP contribution in [0.3, 0.4) is 0 Å². The highest BCUT2D eigenvalue weighted by Gasteiger charge is 2.32. The lowest BCUT2D eigenvalue weighted by atomic mass is 9.94. The Balaban J connectivity index is 1.61. The van der Waals surface area contributed by atoms with Crippen molar-refractivity contribution in [3.63, 3.8) is 0 Å². The summed E-state index contributed by atoms with van der Waals surface area (Å²) in [5, 5.41) is 3.58. The maximum Gasteiger partial charge on any atom is 0.123 e. The molecule has 2 nitrogen and oxygen atoms in total. The predicted molar refractivity (Wildman–Crippen MR) is 73.9 cm³/mol. The third-order valence-corrected chi connectivity index (χ3v) is 4.45. The summed E-state index contributed by atoms with van der Waals surface area (Å²) in [5.41, 5.74) is 1.03. The number of halogens is 1. The molecule has 1 aliphatic carbocycles. The van der Waals surface area contributed by atoms with Gasteiger partial charge in [0.1, 0.15) is 17.7 Å². The molecule has 0 saturated heterocycles. The van der Waals surface area contributed by atoms with E-state index in [1.807, 2.05) is 0 Å². The van der Waals surface area contributed by atoms with Gasteiger partial charge in [0.2, 0.25) is 0 Å². The smallest absolute Gasteiger partial charge is 0.123 e. The Morgan fingerprint density at radius 1 is 1.37 bits per heavy atom. The van der Waals surface area contributed by atoms with Crippen molar-refractivity contribution in [3.05, 3.63) is 29.6 Å². The summed E-state index contributed by atoms with van der Waals surface area (Å²) in [6.07, 6.45) is 6.09. The van der Waals surface area contributed by atoms with Crippen LogP contribution < -0.4 is 10.1 Å². The Bertz CT molecular complexity index is 448. The van der Waals surface area contributed by atoms with E-state index in [1.54, 1.807) is 12.1 Å². The van der Waals surface area contributed by atoms with Crippen LogP contribution >= 0.6 is 0 Å². The third-order valence-electron chi connectivity index (χ3n) is 4.45. The second kappa shape index (κ2) is 5.49. The van der Waals surface area contributed by atoms with E-state index in [9.17, 15) is 4.39 Å². The van der Waals surface area contributed by atoms with E-state index < -0.39 is 0 Å². The van der Waals surface area contributed by atoms with E-state index in [0.29, 0.717) is 12.0 Å². The monoisotopic (exact) mass is 263 g/mol. The molecule has 104 valence electrons. The number of fused-ring (bicyclic) bond motifs is 1. The Hall–Kier alpha value is -1.09. The molecule has 3 atom stereocenters. The molecule has 0 radical (unpaired) electrons. The van der Waals surface area contributed by atoms with Crippen molar-refractivity contribution in [1.82, 2.24) is 5.32 Å². The average Bonchev–Trinajstić information content (AvgIpc) is 2.97. The Labute approximate surface area is 114 Å². The van der Waals surface area contributed by atoms with Crippen molar-refractivity contribution in [3.8, 4) is 5.75 Å². The van der Waals surface area contributed by atoms with E-state index in [-0.39, 0.29) is 11.9 Å². The van der Waals surface area contributed by atoms with Crippen molar-refractivity contribution < 1.29 is 9.13 Å². The summed E-state index contributed by atoms with van der Waals surface area (Å²) < 4.78 is 19.1. The summed E-state index contributed by atoms with van der Waals surface area (Å²) in [4.78, 5) is 0. The van der Waals surface area contributed by atoms with Crippen LogP contribution in [-0.4, -0.2) is 18.7 Å². The van der Waals surface area contributed by atoms with Crippen LogP contribution in [0.1, 0.15) is 38.2 Å². The molecular weight excluding hydrogens is 241 g/mol. The first-order valence-electron chi connectivity index (χ1n) is 7.44. The molecule has 1 saturated carbocycles. The molecule has 0 spiro atoms. The molecule has 1 aromatic carbocycles. The van der Waals surface area contributed by atoms with Crippen LogP contribution in [0.4, 0.5) is 4.39 Å². The van der Waals surface area contributed by atoms with Gasteiger partial charge >= 0.3 is 0 Å². The minimum atomic E-state index is -0.158. The minimum Gasteiger partial charge on any atom is -0.490 e. The van der Waals surface area contributed by atoms with Crippen molar-refractivity contribution in [2.45, 2.75) is 51.2 Å². The molecule has 0 aromatic heterocycles. The first-order chi connectivity index (χ1) is 9.26. The topological polar surface area (TPSA) is 21.3 Å². The lowest BCUT2D eigenvalue weighted by Crippen LogP contribution is -2.34. The number of hydrogen-bond acceptors (Lipinski definition) is 2. The predicted octanol–water partition coefficient (Wildman–Crippen LogP) is 3.30. The molecule has 19 heavy (non-hydrogen) atoms. The third kappa shape index (κ3) is 2.76. The number of benzene rings is 1. The first-order valence-corrected chi connectivity index (χ1v) is 7.44. The van der Waals surface area contributed by atoms with Crippen LogP contribution in [0.15, 0.2) is 18.2 Å². The summed E-state index contributed by atoms with van der Waals surface area (Å²) in [6, 6.07) is 5.51. The van der Waals surface area contributed by atoms with Gasteiger partial charge in [-0.3, -0.25) is 0 Å². The zero-order valence-corrected chi connectivity index (χ0v) is 11.5. The van der Waals surface area contributed by atoms with Crippen LogP contribution in [0, 0.1) is 11.7 Å². The van der Waals surface area contributed by atoms with Gasteiger partial charge in [0.25, 0.3) is 0 Å². The number of nitrogens with one attached hydrogen (secondary N) is 1. The zero-order valence-electron chi connectivity index (χ0n) is 11.5. The van der Waals surface area contributed by atoms with Crippen molar-refractivity contribution >= 4 is 0 Å². The van der Waals surface area contributed by atoms with Gasteiger partial charge in [-0.25, -0.2) is 4.39 Å². The zero-order chi connectivity index (χ0) is 13.2. The van der Waals surface area contributed by atoms with Gasteiger partial charge in [0.05, 0.1) is 0 Å². The summed E-state index contributed by atoms with van der Waals surface area (Å²) in [6.45, 7) is 3.21. The lowest BCUT2D eigenvalue weighted by Gasteiger charge is -2.23. The maximum atomic E-state index is 13.2. The highest BCUT2D eigenvalue weighted by Crippen LogP contribution is 2.36. The van der Waals surface area contributed by atoms with E-state index in [0.717, 1.165) is 30.7 Å². The largest absolute Gasteiger partial charge is 0.490 e. The minimum absolute atomic E-state index is 0.158. The molecule has 1 N–H and O–H groups in total. The van der Waals surface area contributed by atoms with Crippen LogP contribution in [0.25, 0.3) is 0 Å². The standard InChI is InChI=1S/C16H22FNO/c1-2-18-15-5-3-4-11(15)9-14-10-12-8-13(17)6-7-16(12)19-14/h6-8,11,14-15,18H,2-5,9-10H2,1H3. The summed E-state index contributed by atoms with van der Waals surface area (Å²) in [5.74, 6) is 1.43. The average molecular weight is 263 g/mol. The van der Waals surface area contributed by atoms with E-state index in [4.69, 9.17) is 4.74 Å². The fourth-order valence-corrected chi connectivity index (χ4v) is 3.61. The Morgan fingerprint density at radius 3 is 3.11 bits per heavy atom. The van der Waals surface area contributed by atoms with E-state index in [1.165, 1.54) is 25.3 Å². The fraction of sp³-hybridized carbons (Fsp3) is 0.625. The Kier molecular flexibility index (Phi) is 3.74. The van der Waals surface area contributed by atoms with Crippen molar-refractivity contribution in [1.29, 1.82) is 0 Å². The van der Waals surface area contributed by atoms with Gasteiger partial charge in [0, 0.05) is 18.0 Å². The molecule has 1 aromatic rings. The van der Waals surface area contributed by atoms with Crippen molar-refractivity contribution in [2.24, 2.45) is 5.92 Å². The van der Waals surface area contributed by atoms with Gasteiger partial charge in [-0.15, -0.1) is 0 Å². The molecule has 0 amide bonds. The molecular formula is C16H22FNO. The Morgan fingerprint density at radius 2 is 2.26 bits per heavy atom. The fourth-order valence-electron chi connectivity index (χ4n) is 3.61. The molecule has 3 rings (SSSR count). The molecule has 3 unspecified atom stereocenters. The molecule has 1 fully saturated rings. The molecule has 0 bridgehead atoms. The first kappa shape index (κ1) is 12.9. The number of rotatable bonds is 4. The molecule has 2 aliphatic rings. The second-order valence-electron chi connectivity index (χ2n) is 5.79. The van der Waals surface area contributed by atoms with Crippen molar-refractivity contribution in [2.75, 3.05) is 6.54 Å². The molecule has 3 heteroatoms. The summed E-state index contributed by atoms with van der Waals surface area (Å²) in [7, 11) is 0. The van der Waals surface area contributed by atoms with Gasteiger partial charge in [-0.2, -0.15) is 0 Å². The van der Waals surface area contributed by atoms with Crippen LogP contribution in [0.2, 0.25) is 0 Å². The highest BCUT2D eigenvalue weighted by molar-refractivity contribution is 5.37. The van der Waals surface area contributed by atoms with E-state index in [2.05, 4.69) is 12.2 Å². The SMILES string of the molecule is CCNC1CCCC1CC1Cc2cc(F)ccc2O1. The highest BCUT2D eigenvalue weighted by atomic mass is 19.1. The number of ether oxygens (including phenoxy) is 1. The van der Waals surface area contributed by atoms with Gasteiger partial charge in [-0.1, -0.05) is 13.3 Å². The molecule has 1 aliphatic heterocycles. The lowest BCUT2D eigenvalue weighted by molar-refractivity contribution is 0.184. The summed E-state index contributed by atoms with van der Waals surface area (Å²) >= 11 is 0. The second-order valence-corrected chi connectivity index (χ2v) is 5.79. The van der Waals surface area contributed by atoms with Crippen LogP contribution in [-0.2, 0) is 6.42 Å². The van der Waals surface area contributed by atoms with Crippen LogP contribution in [0.5, 0.6) is 5.75 Å². The molecule has 1 heterocycles. The maximum absolute atomic E-state index is 13.2.